The van der Waals surface area contributed by atoms with Crippen molar-refractivity contribution in [3.05, 3.63) is 71.1 Å². The van der Waals surface area contributed by atoms with Crippen molar-refractivity contribution in [3.63, 3.8) is 0 Å². The number of thiazole rings is 1. The van der Waals surface area contributed by atoms with Gasteiger partial charge in [0.25, 0.3) is 0 Å². The number of para-hydroxylation sites is 1. The van der Waals surface area contributed by atoms with Gasteiger partial charge in [-0.1, -0.05) is 18.2 Å². The number of aromatic amines is 1. The Morgan fingerprint density at radius 2 is 2.00 bits per heavy atom. The summed E-state index contributed by atoms with van der Waals surface area (Å²) in [6.45, 7) is 2.63. The Labute approximate surface area is 161 Å². The number of aryl methyl sites for hydroxylation is 1. The predicted molar refractivity (Wildman–Crippen MR) is 109 cm³/mol. The summed E-state index contributed by atoms with van der Waals surface area (Å²) >= 11 is 1.68. The second-order valence-electron chi connectivity index (χ2n) is 6.40. The molecule has 0 spiro atoms. The SMILES string of the molecule is Cc1nc(-c2ccncc2)sc1CCNC(=O)Cc1c[nH]c2ccccc12. The van der Waals surface area contributed by atoms with Gasteiger partial charge in [0, 0.05) is 52.9 Å². The molecule has 6 heteroatoms. The molecule has 27 heavy (non-hydrogen) atoms. The molecular weight excluding hydrogens is 356 g/mol. The number of benzene rings is 1. The summed E-state index contributed by atoms with van der Waals surface area (Å²) in [4.78, 5) is 25.4. The van der Waals surface area contributed by atoms with Crippen LogP contribution in [0.2, 0.25) is 0 Å². The van der Waals surface area contributed by atoms with E-state index in [-0.39, 0.29) is 5.91 Å². The lowest BCUT2D eigenvalue weighted by molar-refractivity contribution is -0.120. The minimum absolute atomic E-state index is 0.0382. The zero-order valence-corrected chi connectivity index (χ0v) is 15.8. The van der Waals surface area contributed by atoms with Crippen LogP contribution in [0.1, 0.15) is 16.1 Å². The van der Waals surface area contributed by atoms with E-state index in [0.29, 0.717) is 13.0 Å². The number of hydrogen-bond donors (Lipinski definition) is 2. The molecule has 0 aliphatic rings. The second kappa shape index (κ2) is 7.72. The average molecular weight is 376 g/mol. The maximum atomic E-state index is 12.3. The molecule has 0 saturated carbocycles. The van der Waals surface area contributed by atoms with Crippen LogP contribution < -0.4 is 5.32 Å². The number of pyridine rings is 1. The maximum Gasteiger partial charge on any atom is 0.224 e. The number of hydrogen-bond acceptors (Lipinski definition) is 4. The van der Waals surface area contributed by atoms with E-state index >= 15 is 0 Å². The van der Waals surface area contributed by atoms with Gasteiger partial charge in [0.2, 0.25) is 5.91 Å². The number of fused-ring (bicyclic) bond motifs is 1. The van der Waals surface area contributed by atoms with Gasteiger partial charge in [-0.15, -0.1) is 11.3 Å². The number of carbonyl (C=O) groups excluding carboxylic acids is 1. The minimum atomic E-state index is 0.0382. The lowest BCUT2D eigenvalue weighted by Gasteiger charge is -2.04. The zero-order chi connectivity index (χ0) is 18.6. The highest BCUT2D eigenvalue weighted by molar-refractivity contribution is 7.15. The molecule has 0 saturated heterocycles. The fourth-order valence-corrected chi connectivity index (χ4v) is 4.17. The van der Waals surface area contributed by atoms with Gasteiger partial charge in [-0.05, 0) is 30.7 Å². The van der Waals surface area contributed by atoms with Gasteiger partial charge < -0.3 is 10.3 Å². The third-order valence-corrected chi connectivity index (χ3v) is 5.79. The molecule has 1 amide bonds. The molecule has 4 rings (SSSR count). The van der Waals surface area contributed by atoms with Gasteiger partial charge in [0.1, 0.15) is 5.01 Å². The normalized spacial score (nSPS) is 11.0. The Hall–Kier alpha value is -2.99. The van der Waals surface area contributed by atoms with Crippen molar-refractivity contribution in [2.45, 2.75) is 19.8 Å². The first-order valence-electron chi connectivity index (χ1n) is 8.89. The van der Waals surface area contributed by atoms with Crippen LogP contribution in [0.3, 0.4) is 0 Å². The van der Waals surface area contributed by atoms with E-state index in [2.05, 4.69) is 20.3 Å². The van der Waals surface area contributed by atoms with Gasteiger partial charge in [-0.3, -0.25) is 9.78 Å². The lowest BCUT2D eigenvalue weighted by atomic mass is 10.1. The monoisotopic (exact) mass is 376 g/mol. The molecule has 0 aliphatic carbocycles. The van der Waals surface area contributed by atoms with E-state index in [1.165, 1.54) is 4.88 Å². The molecule has 3 aromatic heterocycles. The molecule has 136 valence electrons. The second-order valence-corrected chi connectivity index (χ2v) is 7.48. The van der Waals surface area contributed by atoms with Crippen molar-refractivity contribution in [1.82, 2.24) is 20.3 Å². The van der Waals surface area contributed by atoms with E-state index in [1.54, 1.807) is 23.7 Å². The molecule has 1 aromatic carbocycles. The molecule has 4 aromatic rings. The van der Waals surface area contributed by atoms with E-state index in [1.807, 2.05) is 49.5 Å². The molecule has 2 N–H and O–H groups in total. The number of H-pyrrole nitrogens is 1. The Balaban J connectivity index is 1.34. The van der Waals surface area contributed by atoms with Crippen LogP contribution in [0.4, 0.5) is 0 Å². The molecule has 5 nitrogen and oxygen atoms in total. The van der Waals surface area contributed by atoms with Crippen LogP contribution in [-0.2, 0) is 17.6 Å². The standard InChI is InChI=1S/C21H20N4OS/c1-14-19(27-21(25-14)15-6-9-22-10-7-15)8-11-23-20(26)12-16-13-24-18-5-3-2-4-17(16)18/h2-7,9-10,13,24H,8,11-12H2,1H3,(H,23,26). The number of aromatic nitrogens is 3. The summed E-state index contributed by atoms with van der Waals surface area (Å²) in [5.74, 6) is 0.0382. The van der Waals surface area contributed by atoms with Crippen LogP contribution >= 0.6 is 11.3 Å². The molecular formula is C21H20N4OS. The van der Waals surface area contributed by atoms with Crippen LogP contribution in [0, 0.1) is 6.92 Å². The van der Waals surface area contributed by atoms with Gasteiger partial charge >= 0.3 is 0 Å². The number of carbonyl (C=O) groups is 1. The minimum Gasteiger partial charge on any atom is -0.361 e. The molecule has 0 fully saturated rings. The van der Waals surface area contributed by atoms with Crippen molar-refractivity contribution in [2.75, 3.05) is 6.54 Å². The van der Waals surface area contributed by atoms with Crippen molar-refractivity contribution < 1.29 is 4.79 Å². The van der Waals surface area contributed by atoms with Crippen LogP contribution in [0.5, 0.6) is 0 Å². The van der Waals surface area contributed by atoms with E-state index in [9.17, 15) is 4.79 Å². The molecule has 0 atom stereocenters. The first-order chi connectivity index (χ1) is 13.2. The largest absolute Gasteiger partial charge is 0.361 e. The fourth-order valence-electron chi connectivity index (χ4n) is 3.11. The summed E-state index contributed by atoms with van der Waals surface area (Å²) in [7, 11) is 0. The first kappa shape index (κ1) is 17.4. The van der Waals surface area contributed by atoms with Gasteiger partial charge in [0.15, 0.2) is 0 Å². The predicted octanol–water partition coefficient (Wildman–Crippen LogP) is 3.90. The first-order valence-corrected chi connectivity index (χ1v) is 9.71. The molecule has 0 radical (unpaired) electrons. The van der Waals surface area contributed by atoms with Crippen LogP contribution in [0.15, 0.2) is 55.0 Å². The van der Waals surface area contributed by atoms with E-state index < -0.39 is 0 Å². The van der Waals surface area contributed by atoms with E-state index in [4.69, 9.17) is 0 Å². The topological polar surface area (TPSA) is 70.7 Å². The van der Waals surface area contributed by atoms with Crippen molar-refractivity contribution in [2.24, 2.45) is 0 Å². The molecule has 3 heterocycles. The summed E-state index contributed by atoms with van der Waals surface area (Å²) in [5.41, 5.74) is 4.19. The number of amides is 1. The van der Waals surface area contributed by atoms with Gasteiger partial charge in [0.05, 0.1) is 12.1 Å². The number of rotatable bonds is 6. The number of nitrogens with zero attached hydrogens (tertiary/aromatic N) is 2. The van der Waals surface area contributed by atoms with E-state index in [0.717, 1.165) is 39.2 Å². The molecule has 0 aliphatic heterocycles. The molecule has 0 unspecified atom stereocenters. The summed E-state index contributed by atoms with van der Waals surface area (Å²) in [5, 5.41) is 5.13. The fraction of sp³-hybridized carbons (Fsp3) is 0.190. The van der Waals surface area contributed by atoms with Crippen molar-refractivity contribution in [1.29, 1.82) is 0 Å². The Bertz CT molecular complexity index is 1070. The quantitative estimate of drug-likeness (QED) is 0.536. The van der Waals surface area contributed by atoms with Crippen molar-refractivity contribution in [3.8, 4) is 10.6 Å². The van der Waals surface area contributed by atoms with Crippen LogP contribution in [0.25, 0.3) is 21.5 Å². The highest BCUT2D eigenvalue weighted by Gasteiger charge is 2.11. The van der Waals surface area contributed by atoms with Gasteiger partial charge in [-0.2, -0.15) is 0 Å². The van der Waals surface area contributed by atoms with Gasteiger partial charge in [-0.25, -0.2) is 4.98 Å². The Morgan fingerprint density at radius 1 is 1.19 bits per heavy atom. The Morgan fingerprint density at radius 3 is 2.85 bits per heavy atom. The zero-order valence-electron chi connectivity index (χ0n) is 15.0. The third kappa shape index (κ3) is 3.90. The summed E-state index contributed by atoms with van der Waals surface area (Å²) < 4.78 is 0. The van der Waals surface area contributed by atoms with Crippen LogP contribution in [-0.4, -0.2) is 27.4 Å². The summed E-state index contributed by atoms with van der Waals surface area (Å²) in [6.07, 6.45) is 6.63. The third-order valence-electron chi connectivity index (χ3n) is 4.52. The Kier molecular flexibility index (Phi) is 4.98. The highest BCUT2D eigenvalue weighted by Crippen LogP contribution is 2.27. The summed E-state index contributed by atoms with van der Waals surface area (Å²) in [6, 6.07) is 12.0. The lowest BCUT2D eigenvalue weighted by Crippen LogP contribution is -2.27. The number of nitrogens with one attached hydrogen (secondary N) is 2. The highest BCUT2D eigenvalue weighted by atomic mass is 32.1. The van der Waals surface area contributed by atoms with Crippen molar-refractivity contribution >= 4 is 28.1 Å². The maximum absolute atomic E-state index is 12.3. The molecule has 0 bridgehead atoms. The smallest absolute Gasteiger partial charge is 0.224 e. The average Bonchev–Trinajstić information content (AvgIpc) is 3.27.